The van der Waals surface area contributed by atoms with Crippen molar-refractivity contribution in [1.82, 2.24) is 8.01 Å². The molecular formula is C11H21IN2. The third-order valence-corrected chi connectivity index (χ3v) is 4.56. The molecule has 0 aromatic heterocycles. The molecule has 0 N–H and O–H groups in total. The molecule has 0 aromatic rings. The Kier molecular flexibility index (Phi) is 3.71. The molecule has 2 aliphatic heterocycles. The molecule has 1 spiro atoms. The summed E-state index contributed by atoms with van der Waals surface area (Å²) >= 11 is 2.48. The van der Waals surface area contributed by atoms with Gasteiger partial charge in [0, 0.05) is 42.5 Å². The fraction of sp³-hybridized carbons (Fsp3) is 1.00. The van der Waals surface area contributed by atoms with Crippen LogP contribution in [0.4, 0.5) is 0 Å². The van der Waals surface area contributed by atoms with Crippen LogP contribution in [0.25, 0.3) is 0 Å². The van der Waals surface area contributed by atoms with Gasteiger partial charge in [-0.15, -0.1) is 0 Å². The van der Waals surface area contributed by atoms with Crippen LogP contribution in [-0.4, -0.2) is 40.7 Å². The highest BCUT2D eigenvalue weighted by atomic mass is 127. The lowest BCUT2D eigenvalue weighted by Crippen LogP contribution is -2.29. The monoisotopic (exact) mass is 308 g/mol. The average molecular weight is 308 g/mol. The second kappa shape index (κ2) is 4.66. The molecular weight excluding hydrogens is 287 g/mol. The van der Waals surface area contributed by atoms with Crippen molar-refractivity contribution in [3.8, 4) is 0 Å². The summed E-state index contributed by atoms with van der Waals surface area (Å²) in [5.41, 5.74) is 0.676. The normalized spacial score (nSPS) is 34.7. The minimum absolute atomic E-state index is 0.676. The van der Waals surface area contributed by atoms with Gasteiger partial charge in [0.1, 0.15) is 0 Å². The second-order valence-electron chi connectivity index (χ2n) is 4.97. The van der Waals surface area contributed by atoms with E-state index < -0.39 is 0 Å². The van der Waals surface area contributed by atoms with Crippen LogP contribution in [-0.2, 0) is 0 Å². The lowest BCUT2D eigenvalue weighted by atomic mass is 9.87. The molecule has 14 heavy (non-hydrogen) atoms. The third kappa shape index (κ3) is 2.42. The van der Waals surface area contributed by atoms with Crippen LogP contribution in [0.3, 0.4) is 0 Å². The van der Waals surface area contributed by atoms with Gasteiger partial charge in [-0.2, -0.15) is 0 Å². The van der Waals surface area contributed by atoms with E-state index in [1.165, 1.54) is 58.4 Å². The summed E-state index contributed by atoms with van der Waals surface area (Å²) in [5, 5.41) is 0. The van der Waals surface area contributed by atoms with E-state index >= 15 is 0 Å². The van der Waals surface area contributed by atoms with Gasteiger partial charge in [0.05, 0.1) is 0 Å². The van der Waals surface area contributed by atoms with Crippen molar-refractivity contribution in [2.75, 3.05) is 32.7 Å². The van der Waals surface area contributed by atoms with Gasteiger partial charge in [-0.1, -0.05) is 13.3 Å². The van der Waals surface area contributed by atoms with Crippen molar-refractivity contribution in [3.63, 3.8) is 0 Å². The molecule has 0 bridgehead atoms. The molecule has 1 unspecified atom stereocenters. The topological polar surface area (TPSA) is 6.48 Å². The van der Waals surface area contributed by atoms with E-state index in [1.54, 1.807) is 0 Å². The molecule has 0 aromatic carbocycles. The molecule has 2 fully saturated rings. The van der Waals surface area contributed by atoms with Crippen LogP contribution in [0.2, 0.25) is 0 Å². The van der Waals surface area contributed by atoms with Crippen LogP contribution >= 0.6 is 22.9 Å². The number of unbranched alkanes of at least 4 members (excludes halogenated alkanes) is 1. The van der Waals surface area contributed by atoms with Gasteiger partial charge in [0.25, 0.3) is 0 Å². The summed E-state index contributed by atoms with van der Waals surface area (Å²) in [6.45, 7) is 8.98. The molecule has 3 heteroatoms. The fourth-order valence-electron chi connectivity index (χ4n) is 2.81. The molecule has 1 atom stereocenters. The first-order valence-corrected chi connectivity index (χ1v) is 6.84. The molecule has 0 saturated carbocycles. The Hall–Kier alpha value is 0.650. The van der Waals surface area contributed by atoms with Crippen molar-refractivity contribution in [2.24, 2.45) is 5.41 Å². The lowest BCUT2D eigenvalue weighted by molar-refractivity contribution is 0.267. The summed E-state index contributed by atoms with van der Waals surface area (Å²) in [4.78, 5) is 2.68. The van der Waals surface area contributed by atoms with Crippen molar-refractivity contribution in [1.29, 1.82) is 0 Å². The first-order valence-electron chi connectivity index (χ1n) is 5.87. The van der Waals surface area contributed by atoms with Crippen molar-refractivity contribution >= 4 is 22.9 Å². The van der Waals surface area contributed by atoms with Crippen LogP contribution in [0.5, 0.6) is 0 Å². The maximum Gasteiger partial charge on any atom is 0.0201 e. The van der Waals surface area contributed by atoms with Crippen molar-refractivity contribution in [3.05, 3.63) is 0 Å². The van der Waals surface area contributed by atoms with Crippen LogP contribution < -0.4 is 0 Å². The summed E-state index contributed by atoms with van der Waals surface area (Å²) in [7, 11) is 0. The van der Waals surface area contributed by atoms with E-state index in [1.807, 2.05) is 0 Å². The highest BCUT2D eigenvalue weighted by molar-refractivity contribution is 14.1. The Morgan fingerprint density at radius 2 is 2.00 bits per heavy atom. The Labute approximate surface area is 102 Å². The molecule has 0 aliphatic carbocycles. The van der Waals surface area contributed by atoms with E-state index in [9.17, 15) is 0 Å². The first kappa shape index (κ1) is 11.1. The zero-order chi connectivity index (χ0) is 10.0. The Bertz CT molecular complexity index is 198. The Balaban J connectivity index is 1.82. The van der Waals surface area contributed by atoms with Crippen LogP contribution in [0.15, 0.2) is 0 Å². The number of rotatable bonds is 3. The summed E-state index contributed by atoms with van der Waals surface area (Å²) < 4.78 is 2.47. The van der Waals surface area contributed by atoms with E-state index in [-0.39, 0.29) is 0 Å². The van der Waals surface area contributed by atoms with Crippen molar-refractivity contribution in [2.45, 2.75) is 32.6 Å². The highest BCUT2D eigenvalue weighted by Crippen LogP contribution is 2.40. The van der Waals surface area contributed by atoms with Crippen LogP contribution in [0, 0.1) is 5.41 Å². The van der Waals surface area contributed by atoms with Gasteiger partial charge < -0.3 is 4.90 Å². The smallest absolute Gasteiger partial charge is 0.0201 e. The standard InChI is InChI=1S/C11H21IN2/c1-2-3-6-13-7-4-11(9-13)5-8-14(12)10-11/h2-10H2,1H3. The van der Waals surface area contributed by atoms with E-state index in [4.69, 9.17) is 0 Å². The molecule has 2 nitrogen and oxygen atoms in total. The number of nitrogens with zero attached hydrogens (tertiary/aromatic N) is 2. The first-order chi connectivity index (χ1) is 6.74. The maximum absolute atomic E-state index is 2.68. The van der Waals surface area contributed by atoms with E-state index in [2.05, 4.69) is 37.8 Å². The summed E-state index contributed by atoms with van der Waals surface area (Å²) in [6, 6.07) is 0. The Morgan fingerprint density at radius 3 is 2.64 bits per heavy atom. The van der Waals surface area contributed by atoms with Crippen molar-refractivity contribution < 1.29 is 0 Å². The quantitative estimate of drug-likeness (QED) is 0.584. The predicted octanol–water partition coefficient (Wildman–Crippen LogP) is 2.53. The SMILES string of the molecule is CCCCN1CCC2(CCN(I)C2)C1. The fourth-order valence-corrected chi connectivity index (χ4v) is 3.78. The van der Waals surface area contributed by atoms with Gasteiger partial charge in [-0.05, 0) is 37.8 Å². The zero-order valence-corrected chi connectivity index (χ0v) is 11.3. The molecule has 0 radical (unpaired) electrons. The lowest BCUT2D eigenvalue weighted by Gasteiger charge is -2.23. The Morgan fingerprint density at radius 1 is 1.21 bits per heavy atom. The van der Waals surface area contributed by atoms with Gasteiger partial charge in [0.2, 0.25) is 0 Å². The highest BCUT2D eigenvalue weighted by Gasteiger charge is 2.42. The minimum Gasteiger partial charge on any atom is -0.303 e. The third-order valence-electron chi connectivity index (χ3n) is 3.74. The molecule has 2 rings (SSSR count). The zero-order valence-electron chi connectivity index (χ0n) is 9.14. The number of likely N-dealkylation sites (tertiary alicyclic amines) is 1. The summed E-state index contributed by atoms with van der Waals surface area (Å²) in [6.07, 6.45) is 5.58. The molecule has 2 heterocycles. The number of halogens is 1. The molecule has 0 amide bonds. The summed E-state index contributed by atoms with van der Waals surface area (Å²) in [5.74, 6) is 0. The van der Waals surface area contributed by atoms with Gasteiger partial charge in [-0.3, -0.25) is 0 Å². The predicted molar refractivity (Wildman–Crippen MR) is 68.6 cm³/mol. The minimum atomic E-state index is 0.676. The number of hydrogen-bond donors (Lipinski definition) is 0. The molecule has 2 aliphatic rings. The van der Waals surface area contributed by atoms with Gasteiger partial charge >= 0.3 is 0 Å². The number of hydrogen-bond acceptors (Lipinski definition) is 2. The van der Waals surface area contributed by atoms with Gasteiger partial charge in [0.15, 0.2) is 0 Å². The largest absolute Gasteiger partial charge is 0.303 e. The van der Waals surface area contributed by atoms with E-state index in [0.29, 0.717) is 5.41 Å². The maximum atomic E-state index is 2.68. The second-order valence-corrected chi connectivity index (χ2v) is 6.34. The van der Waals surface area contributed by atoms with Gasteiger partial charge in [-0.25, -0.2) is 3.11 Å². The molecule has 2 saturated heterocycles. The molecule has 82 valence electrons. The van der Waals surface area contributed by atoms with Crippen LogP contribution in [0.1, 0.15) is 32.6 Å². The average Bonchev–Trinajstić information content (AvgIpc) is 2.72. The van der Waals surface area contributed by atoms with E-state index in [0.717, 1.165) is 0 Å².